The molecule has 128 valence electrons. The Bertz CT molecular complexity index is 913. The monoisotopic (exact) mass is 336 g/mol. The predicted octanol–water partition coefficient (Wildman–Crippen LogP) is 3.17. The van der Waals surface area contributed by atoms with Crippen LogP contribution in [0.3, 0.4) is 0 Å². The van der Waals surface area contributed by atoms with Gasteiger partial charge in [0, 0.05) is 24.8 Å². The van der Waals surface area contributed by atoms with Crippen molar-refractivity contribution in [3.63, 3.8) is 0 Å². The SMILES string of the molecule is Cc1ccccc1-c1nc2cnc(NC=N)nc2n1C1CCOCC1. The minimum absolute atomic E-state index is 0.288. The molecule has 7 heteroatoms. The molecule has 2 N–H and O–H groups in total. The van der Waals surface area contributed by atoms with Crippen LogP contribution in [0.4, 0.5) is 5.95 Å². The lowest BCUT2D eigenvalue weighted by Gasteiger charge is -2.25. The van der Waals surface area contributed by atoms with Crippen LogP contribution in [0.25, 0.3) is 22.6 Å². The van der Waals surface area contributed by atoms with Crippen LogP contribution in [0.1, 0.15) is 24.4 Å². The molecular formula is C18H20N6O. The summed E-state index contributed by atoms with van der Waals surface area (Å²) in [6, 6.07) is 8.54. The van der Waals surface area contributed by atoms with Gasteiger partial charge in [0.25, 0.3) is 0 Å². The van der Waals surface area contributed by atoms with Crippen molar-refractivity contribution in [2.24, 2.45) is 0 Å². The number of nitrogens with one attached hydrogen (secondary N) is 2. The maximum absolute atomic E-state index is 7.21. The van der Waals surface area contributed by atoms with E-state index in [1.807, 2.05) is 12.1 Å². The predicted molar refractivity (Wildman–Crippen MR) is 97.0 cm³/mol. The number of aryl methyl sites for hydroxylation is 1. The second-order valence-corrected chi connectivity index (χ2v) is 6.16. The summed E-state index contributed by atoms with van der Waals surface area (Å²) in [5.74, 6) is 1.33. The lowest BCUT2D eigenvalue weighted by molar-refractivity contribution is 0.0709. The van der Waals surface area contributed by atoms with Gasteiger partial charge in [-0.3, -0.25) is 5.41 Å². The summed E-state index contributed by atoms with van der Waals surface area (Å²) in [5, 5.41) is 9.95. The molecule has 1 aliphatic rings. The van der Waals surface area contributed by atoms with Crippen molar-refractivity contribution in [3.05, 3.63) is 36.0 Å². The van der Waals surface area contributed by atoms with Gasteiger partial charge in [-0.15, -0.1) is 0 Å². The number of imidazole rings is 1. The Morgan fingerprint density at radius 2 is 2.04 bits per heavy atom. The zero-order valence-corrected chi connectivity index (χ0v) is 14.1. The number of anilines is 1. The molecular weight excluding hydrogens is 316 g/mol. The van der Waals surface area contributed by atoms with Gasteiger partial charge in [0.1, 0.15) is 11.3 Å². The summed E-state index contributed by atoms with van der Waals surface area (Å²) < 4.78 is 7.75. The molecule has 0 spiro atoms. The summed E-state index contributed by atoms with van der Waals surface area (Å²) in [6.07, 6.45) is 4.66. The van der Waals surface area contributed by atoms with Crippen molar-refractivity contribution in [2.75, 3.05) is 18.5 Å². The Balaban J connectivity index is 1.94. The zero-order valence-electron chi connectivity index (χ0n) is 14.1. The van der Waals surface area contributed by atoms with Crippen molar-refractivity contribution in [1.82, 2.24) is 19.5 Å². The van der Waals surface area contributed by atoms with E-state index in [4.69, 9.17) is 15.1 Å². The number of rotatable bonds is 4. The van der Waals surface area contributed by atoms with Gasteiger partial charge >= 0.3 is 0 Å². The van der Waals surface area contributed by atoms with E-state index >= 15 is 0 Å². The summed E-state index contributed by atoms with van der Waals surface area (Å²) in [6.45, 7) is 3.58. The van der Waals surface area contributed by atoms with Crippen LogP contribution in [-0.2, 0) is 4.74 Å². The van der Waals surface area contributed by atoms with Crippen molar-refractivity contribution >= 4 is 23.5 Å². The molecule has 0 atom stereocenters. The molecule has 1 aromatic carbocycles. The third kappa shape index (κ3) is 2.87. The first-order valence-corrected chi connectivity index (χ1v) is 8.42. The minimum atomic E-state index is 0.288. The van der Waals surface area contributed by atoms with E-state index in [0.29, 0.717) is 5.95 Å². The minimum Gasteiger partial charge on any atom is -0.381 e. The second-order valence-electron chi connectivity index (χ2n) is 6.16. The molecule has 1 aliphatic heterocycles. The summed E-state index contributed by atoms with van der Waals surface area (Å²) in [7, 11) is 0. The topological polar surface area (TPSA) is 88.7 Å². The van der Waals surface area contributed by atoms with Crippen LogP contribution in [0.15, 0.2) is 30.5 Å². The molecule has 2 aromatic heterocycles. The fourth-order valence-corrected chi connectivity index (χ4v) is 3.33. The number of hydrogen-bond donors (Lipinski definition) is 2. The fourth-order valence-electron chi connectivity index (χ4n) is 3.33. The summed E-state index contributed by atoms with van der Waals surface area (Å²) in [4.78, 5) is 13.7. The highest BCUT2D eigenvalue weighted by Crippen LogP contribution is 2.33. The Kier molecular flexibility index (Phi) is 4.15. The largest absolute Gasteiger partial charge is 0.381 e. The average Bonchev–Trinajstić information content (AvgIpc) is 3.01. The van der Waals surface area contributed by atoms with E-state index in [0.717, 1.165) is 54.9 Å². The van der Waals surface area contributed by atoms with Gasteiger partial charge in [0.05, 0.1) is 12.5 Å². The number of ether oxygens (including phenoxy) is 1. The van der Waals surface area contributed by atoms with Gasteiger partial charge in [-0.05, 0) is 25.3 Å². The normalized spacial score (nSPS) is 15.4. The molecule has 0 saturated carbocycles. The van der Waals surface area contributed by atoms with E-state index in [-0.39, 0.29) is 6.04 Å². The molecule has 4 rings (SSSR count). The number of fused-ring (bicyclic) bond motifs is 1. The lowest BCUT2D eigenvalue weighted by atomic mass is 10.1. The molecule has 25 heavy (non-hydrogen) atoms. The van der Waals surface area contributed by atoms with Gasteiger partial charge < -0.3 is 14.6 Å². The van der Waals surface area contributed by atoms with Crippen LogP contribution in [0.5, 0.6) is 0 Å². The van der Waals surface area contributed by atoms with E-state index in [1.165, 1.54) is 5.56 Å². The highest BCUT2D eigenvalue weighted by Gasteiger charge is 2.24. The van der Waals surface area contributed by atoms with Gasteiger partial charge in [0.15, 0.2) is 5.65 Å². The number of nitrogens with zero attached hydrogens (tertiary/aromatic N) is 4. The number of benzene rings is 1. The maximum Gasteiger partial charge on any atom is 0.229 e. The van der Waals surface area contributed by atoms with Crippen LogP contribution in [0, 0.1) is 12.3 Å². The Labute approximate surface area is 145 Å². The third-order valence-corrected chi connectivity index (χ3v) is 4.58. The standard InChI is InChI=1S/C18H20N6O/c1-12-4-2-3-5-14(12)16-22-15-10-20-18(21-11-19)23-17(15)24(16)13-6-8-25-9-7-13/h2-5,10-11,13H,6-9H2,1H3,(H2,19,20,21,23). The van der Waals surface area contributed by atoms with Crippen LogP contribution in [0.2, 0.25) is 0 Å². The quantitative estimate of drug-likeness (QED) is 0.564. The average molecular weight is 336 g/mol. The highest BCUT2D eigenvalue weighted by molar-refractivity contribution is 5.80. The first kappa shape index (κ1) is 15.7. The molecule has 3 aromatic rings. The van der Waals surface area contributed by atoms with Crippen molar-refractivity contribution in [3.8, 4) is 11.4 Å². The maximum atomic E-state index is 7.21. The molecule has 0 bridgehead atoms. The van der Waals surface area contributed by atoms with E-state index in [9.17, 15) is 0 Å². The first-order chi connectivity index (χ1) is 12.3. The van der Waals surface area contributed by atoms with Gasteiger partial charge in [-0.25, -0.2) is 9.97 Å². The Hall–Kier alpha value is -2.80. The smallest absolute Gasteiger partial charge is 0.229 e. The second kappa shape index (κ2) is 6.60. The Morgan fingerprint density at radius 3 is 2.80 bits per heavy atom. The van der Waals surface area contributed by atoms with Crippen LogP contribution < -0.4 is 5.32 Å². The van der Waals surface area contributed by atoms with Crippen molar-refractivity contribution in [1.29, 1.82) is 5.41 Å². The number of hydrogen-bond acceptors (Lipinski definition) is 5. The van der Waals surface area contributed by atoms with Crippen LogP contribution >= 0.6 is 0 Å². The molecule has 0 radical (unpaired) electrons. The molecule has 1 saturated heterocycles. The van der Waals surface area contributed by atoms with Gasteiger partial charge in [0.2, 0.25) is 5.95 Å². The van der Waals surface area contributed by atoms with Crippen molar-refractivity contribution < 1.29 is 4.74 Å². The summed E-state index contributed by atoms with van der Waals surface area (Å²) >= 11 is 0. The van der Waals surface area contributed by atoms with Crippen LogP contribution in [-0.4, -0.2) is 39.1 Å². The fraction of sp³-hybridized carbons (Fsp3) is 0.333. The molecule has 0 aliphatic carbocycles. The van der Waals surface area contributed by atoms with Crippen molar-refractivity contribution in [2.45, 2.75) is 25.8 Å². The molecule has 3 heterocycles. The van der Waals surface area contributed by atoms with Gasteiger partial charge in [-0.1, -0.05) is 24.3 Å². The van der Waals surface area contributed by atoms with Gasteiger partial charge in [-0.2, -0.15) is 4.98 Å². The third-order valence-electron chi connectivity index (χ3n) is 4.58. The van der Waals surface area contributed by atoms with E-state index in [2.05, 4.69) is 38.9 Å². The Morgan fingerprint density at radius 1 is 1.24 bits per heavy atom. The first-order valence-electron chi connectivity index (χ1n) is 8.42. The molecule has 7 nitrogen and oxygen atoms in total. The lowest BCUT2D eigenvalue weighted by Crippen LogP contribution is -2.20. The molecule has 1 fully saturated rings. The molecule has 0 amide bonds. The zero-order chi connectivity index (χ0) is 17.2. The molecule has 0 unspecified atom stereocenters. The van der Waals surface area contributed by atoms with E-state index < -0.39 is 0 Å². The highest BCUT2D eigenvalue weighted by atomic mass is 16.5. The number of aromatic nitrogens is 4. The summed E-state index contributed by atoms with van der Waals surface area (Å²) in [5.41, 5.74) is 3.84. The van der Waals surface area contributed by atoms with E-state index in [1.54, 1.807) is 6.20 Å².